The van der Waals surface area contributed by atoms with Crippen LogP contribution in [0.2, 0.25) is 0 Å². The van der Waals surface area contributed by atoms with Crippen LogP contribution in [0.5, 0.6) is 0 Å². The Bertz CT molecular complexity index is 1090. The van der Waals surface area contributed by atoms with Crippen LogP contribution in [0.1, 0.15) is 30.6 Å². The highest BCUT2D eigenvalue weighted by Gasteiger charge is 2.36. The number of carbonyl (C=O) groups is 1. The van der Waals surface area contributed by atoms with Crippen molar-refractivity contribution in [2.45, 2.75) is 35.3 Å². The third-order valence-electron chi connectivity index (χ3n) is 5.39. The number of benzene rings is 2. The molecule has 2 aromatic rings. The Morgan fingerprint density at radius 2 is 1.53 bits per heavy atom. The highest BCUT2D eigenvalue weighted by Crippen LogP contribution is 2.25. The Kier molecular flexibility index (Phi) is 6.64. The number of hydrogen-bond donors (Lipinski definition) is 0. The van der Waals surface area contributed by atoms with Crippen LogP contribution in [-0.2, 0) is 19.9 Å². The predicted molar refractivity (Wildman–Crippen MR) is 114 cm³/mol. The summed E-state index contributed by atoms with van der Waals surface area (Å²) >= 11 is 0. The molecule has 2 aromatic carbocycles. The average Bonchev–Trinajstić information content (AvgIpc) is 3.26. The van der Waals surface area contributed by atoms with Crippen LogP contribution in [0.25, 0.3) is 0 Å². The summed E-state index contributed by atoms with van der Waals surface area (Å²) in [5.41, 5.74) is 0.339. The van der Waals surface area contributed by atoms with E-state index in [1.165, 1.54) is 33.5 Å². The van der Waals surface area contributed by atoms with Gasteiger partial charge >= 0.3 is 0 Å². The standard InChI is InChI=1S/C21H26N2O5S2/c1-3-23(4-2)30(27,28)19-12-10-17(11-13-19)21(24)22-15-14-20(16-22)29(25,26)18-8-6-5-7-9-18/h5-13,20H,3-4,14-16H2,1-2H3. The molecule has 0 saturated carbocycles. The third-order valence-corrected chi connectivity index (χ3v) is 9.64. The molecule has 1 unspecified atom stereocenters. The van der Waals surface area contributed by atoms with E-state index in [1.807, 2.05) is 0 Å². The summed E-state index contributed by atoms with van der Waals surface area (Å²) in [5, 5.41) is -0.647. The van der Waals surface area contributed by atoms with Crippen LogP contribution < -0.4 is 0 Å². The largest absolute Gasteiger partial charge is 0.337 e. The summed E-state index contributed by atoms with van der Waals surface area (Å²) in [5.74, 6) is -0.299. The maximum absolute atomic E-state index is 12.8. The van der Waals surface area contributed by atoms with Crippen molar-refractivity contribution in [2.75, 3.05) is 26.2 Å². The van der Waals surface area contributed by atoms with E-state index < -0.39 is 25.1 Å². The lowest BCUT2D eigenvalue weighted by Gasteiger charge is -2.19. The molecular weight excluding hydrogens is 424 g/mol. The molecule has 1 aliphatic rings. The molecule has 0 spiro atoms. The first-order chi connectivity index (χ1) is 14.2. The average molecular weight is 451 g/mol. The first-order valence-corrected chi connectivity index (χ1v) is 12.9. The minimum Gasteiger partial charge on any atom is -0.337 e. The molecule has 3 rings (SSSR count). The summed E-state index contributed by atoms with van der Waals surface area (Å²) in [6, 6.07) is 14.1. The molecular formula is C21H26N2O5S2. The molecule has 0 radical (unpaired) electrons. The molecule has 1 atom stereocenters. The Morgan fingerprint density at radius 1 is 0.933 bits per heavy atom. The number of hydrogen-bond acceptors (Lipinski definition) is 5. The number of likely N-dealkylation sites (tertiary alicyclic amines) is 1. The van der Waals surface area contributed by atoms with Gasteiger partial charge in [-0.25, -0.2) is 16.8 Å². The van der Waals surface area contributed by atoms with Crippen molar-refractivity contribution < 1.29 is 21.6 Å². The zero-order valence-corrected chi connectivity index (χ0v) is 18.7. The van der Waals surface area contributed by atoms with Gasteiger partial charge in [0.15, 0.2) is 9.84 Å². The summed E-state index contributed by atoms with van der Waals surface area (Å²) in [4.78, 5) is 14.7. The highest BCUT2D eigenvalue weighted by atomic mass is 32.2. The number of sulfonamides is 1. The molecule has 30 heavy (non-hydrogen) atoms. The van der Waals surface area contributed by atoms with E-state index in [4.69, 9.17) is 0 Å². The number of carbonyl (C=O) groups excluding carboxylic acids is 1. The van der Waals surface area contributed by atoms with Gasteiger partial charge in [0.25, 0.3) is 5.91 Å². The summed E-state index contributed by atoms with van der Waals surface area (Å²) in [6.45, 7) is 4.73. The first kappa shape index (κ1) is 22.5. The summed E-state index contributed by atoms with van der Waals surface area (Å²) < 4.78 is 52.1. The van der Waals surface area contributed by atoms with Gasteiger partial charge in [-0.2, -0.15) is 4.31 Å². The van der Waals surface area contributed by atoms with Crippen LogP contribution in [-0.4, -0.2) is 63.4 Å². The van der Waals surface area contributed by atoms with Crippen LogP contribution in [0.3, 0.4) is 0 Å². The SMILES string of the molecule is CCN(CC)S(=O)(=O)c1ccc(C(=O)N2CCC(S(=O)(=O)c3ccccc3)C2)cc1. The minimum atomic E-state index is -3.59. The van der Waals surface area contributed by atoms with Gasteiger partial charge in [0, 0.05) is 31.7 Å². The van der Waals surface area contributed by atoms with Crippen LogP contribution in [0, 0.1) is 0 Å². The van der Waals surface area contributed by atoms with Crippen LogP contribution in [0.4, 0.5) is 0 Å². The second-order valence-electron chi connectivity index (χ2n) is 7.13. The van der Waals surface area contributed by atoms with Gasteiger partial charge in [-0.1, -0.05) is 32.0 Å². The quantitative estimate of drug-likeness (QED) is 0.646. The third kappa shape index (κ3) is 4.28. The van der Waals surface area contributed by atoms with Gasteiger partial charge in [-0.3, -0.25) is 4.79 Å². The molecule has 1 fully saturated rings. The lowest BCUT2D eigenvalue weighted by Crippen LogP contribution is -2.32. The van der Waals surface area contributed by atoms with Gasteiger partial charge in [-0.05, 0) is 42.8 Å². The fraction of sp³-hybridized carbons (Fsp3) is 0.381. The van der Waals surface area contributed by atoms with Crippen LogP contribution >= 0.6 is 0 Å². The van der Waals surface area contributed by atoms with Crippen LogP contribution in [0.15, 0.2) is 64.4 Å². The molecule has 0 N–H and O–H groups in total. The predicted octanol–water partition coefficient (Wildman–Crippen LogP) is 2.41. The molecule has 7 nitrogen and oxygen atoms in total. The zero-order chi connectivity index (χ0) is 21.9. The zero-order valence-electron chi connectivity index (χ0n) is 17.1. The van der Waals surface area contributed by atoms with Gasteiger partial charge in [0.05, 0.1) is 15.0 Å². The smallest absolute Gasteiger partial charge is 0.253 e. The Morgan fingerprint density at radius 3 is 2.10 bits per heavy atom. The first-order valence-electron chi connectivity index (χ1n) is 9.90. The Labute approximate surface area is 178 Å². The molecule has 9 heteroatoms. The second-order valence-corrected chi connectivity index (χ2v) is 11.3. The minimum absolute atomic E-state index is 0.121. The van der Waals surface area contributed by atoms with Crippen molar-refractivity contribution in [1.82, 2.24) is 9.21 Å². The molecule has 162 valence electrons. The number of sulfone groups is 1. The van der Waals surface area contributed by atoms with Gasteiger partial charge in [0.1, 0.15) is 0 Å². The Balaban J connectivity index is 1.74. The molecule has 0 aromatic heterocycles. The van der Waals surface area contributed by atoms with Crippen molar-refractivity contribution in [3.05, 3.63) is 60.2 Å². The lowest BCUT2D eigenvalue weighted by atomic mass is 10.2. The van der Waals surface area contributed by atoms with Gasteiger partial charge < -0.3 is 4.90 Å². The van der Waals surface area contributed by atoms with E-state index in [1.54, 1.807) is 44.2 Å². The maximum atomic E-state index is 12.8. The van der Waals surface area contributed by atoms with Crippen molar-refractivity contribution in [3.63, 3.8) is 0 Å². The van der Waals surface area contributed by atoms with E-state index in [0.29, 0.717) is 31.6 Å². The van der Waals surface area contributed by atoms with Gasteiger partial charge in [-0.15, -0.1) is 0 Å². The lowest BCUT2D eigenvalue weighted by molar-refractivity contribution is 0.0793. The molecule has 1 saturated heterocycles. The molecule has 0 aliphatic carbocycles. The van der Waals surface area contributed by atoms with E-state index in [-0.39, 0.29) is 22.2 Å². The number of amides is 1. The monoisotopic (exact) mass is 450 g/mol. The second kappa shape index (κ2) is 8.87. The normalized spacial score (nSPS) is 17.4. The summed E-state index contributed by atoms with van der Waals surface area (Å²) in [6.07, 6.45) is 0.372. The topological polar surface area (TPSA) is 91.8 Å². The molecule has 1 aliphatic heterocycles. The maximum Gasteiger partial charge on any atom is 0.253 e. The molecule has 0 bridgehead atoms. The van der Waals surface area contributed by atoms with Crippen molar-refractivity contribution in [1.29, 1.82) is 0 Å². The van der Waals surface area contributed by atoms with E-state index >= 15 is 0 Å². The fourth-order valence-electron chi connectivity index (χ4n) is 3.63. The van der Waals surface area contributed by atoms with Crippen molar-refractivity contribution in [3.8, 4) is 0 Å². The number of nitrogens with zero attached hydrogens (tertiary/aromatic N) is 2. The van der Waals surface area contributed by atoms with Crippen molar-refractivity contribution in [2.24, 2.45) is 0 Å². The van der Waals surface area contributed by atoms with Gasteiger partial charge in [0.2, 0.25) is 10.0 Å². The summed E-state index contributed by atoms with van der Waals surface area (Å²) in [7, 11) is -7.10. The Hall–Kier alpha value is -2.23. The van der Waals surface area contributed by atoms with E-state index in [9.17, 15) is 21.6 Å². The van der Waals surface area contributed by atoms with Crippen molar-refractivity contribution >= 4 is 25.8 Å². The fourth-order valence-corrected chi connectivity index (χ4v) is 6.80. The van der Waals surface area contributed by atoms with E-state index in [0.717, 1.165) is 0 Å². The number of rotatable bonds is 7. The van der Waals surface area contributed by atoms with E-state index in [2.05, 4.69) is 0 Å². The highest BCUT2D eigenvalue weighted by molar-refractivity contribution is 7.92. The molecule has 1 amide bonds. The molecule has 1 heterocycles.